The van der Waals surface area contributed by atoms with Crippen molar-refractivity contribution < 1.29 is 9.13 Å². The quantitative estimate of drug-likeness (QED) is 0.872. The molecule has 1 saturated heterocycles. The number of nitrogens with zero attached hydrogens (tertiary/aromatic N) is 1. The van der Waals surface area contributed by atoms with E-state index < -0.39 is 0 Å². The summed E-state index contributed by atoms with van der Waals surface area (Å²) in [5.74, 6) is -0.155. The zero-order valence-corrected chi connectivity index (χ0v) is 12.8. The standard InChI is InChI=1S/C17H25FN2O/c1-20-8-6-16(7-9-20)21-12-14-10-13(2-5-17(14)18)11-19-15-3-4-15/h2,5,10,15-16,19H,3-4,6-9,11-12H2,1H3. The molecule has 1 N–H and O–H groups in total. The number of hydrogen-bond acceptors (Lipinski definition) is 3. The summed E-state index contributed by atoms with van der Waals surface area (Å²) in [6.45, 7) is 3.35. The average molecular weight is 292 g/mol. The second-order valence-electron chi connectivity index (χ2n) is 6.39. The number of rotatable bonds is 6. The number of benzene rings is 1. The van der Waals surface area contributed by atoms with Crippen LogP contribution in [0.4, 0.5) is 4.39 Å². The smallest absolute Gasteiger partial charge is 0.128 e. The van der Waals surface area contributed by atoms with Crippen molar-refractivity contribution in [2.24, 2.45) is 0 Å². The highest BCUT2D eigenvalue weighted by Gasteiger charge is 2.20. The predicted octanol–water partition coefficient (Wildman–Crippen LogP) is 2.69. The second kappa shape index (κ2) is 6.86. The van der Waals surface area contributed by atoms with E-state index in [4.69, 9.17) is 4.74 Å². The highest BCUT2D eigenvalue weighted by atomic mass is 19.1. The first-order valence-electron chi connectivity index (χ1n) is 8.01. The van der Waals surface area contributed by atoms with E-state index in [1.165, 1.54) is 12.8 Å². The van der Waals surface area contributed by atoms with Crippen LogP contribution in [0.15, 0.2) is 18.2 Å². The van der Waals surface area contributed by atoms with E-state index >= 15 is 0 Å². The van der Waals surface area contributed by atoms with Crippen molar-refractivity contribution in [3.63, 3.8) is 0 Å². The van der Waals surface area contributed by atoms with Crippen molar-refractivity contribution in [1.82, 2.24) is 10.2 Å². The Bertz CT molecular complexity index is 468. The van der Waals surface area contributed by atoms with Gasteiger partial charge in [-0.3, -0.25) is 0 Å². The zero-order chi connectivity index (χ0) is 14.7. The lowest BCUT2D eigenvalue weighted by Gasteiger charge is -2.29. The van der Waals surface area contributed by atoms with Gasteiger partial charge in [0.15, 0.2) is 0 Å². The molecule has 1 saturated carbocycles. The maximum Gasteiger partial charge on any atom is 0.128 e. The van der Waals surface area contributed by atoms with Gasteiger partial charge in [0.2, 0.25) is 0 Å². The van der Waals surface area contributed by atoms with E-state index in [2.05, 4.69) is 17.3 Å². The summed E-state index contributed by atoms with van der Waals surface area (Å²) in [4.78, 5) is 2.31. The summed E-state index contributed by atoms with van der Waals surface area (Å²) in [5, 5.41) is 3.46. The third kappa shape index (κ3) is 4.50. The first-order valence-corrected chi connectivity index (χ1v) is 8.01. The van der Waals surface area contributed by atoms with Crippen LogP contribution in [0.2, 0.25) is 0 Å². The van der Waals surface area contributed by atoms with Gasteiger partial charge in [-0.25, -0.2) is 4.39 Å². The third-order valence-corrected chi connectivity index (χ3v) is 4.42. The minimum absolute atomic E-state index is 0.155. The fourth-order valence-electron chi connectivity index (χ4n) is 2.76. The summed E-state index contributed by atoms with van der Waals surface area (Å²) in [7, 11) is 2.13. The van der Waals surface area contributed by atoms with E-state index in [0.717, 1.165) is 38.0 Å². The Labute approximate surface area is 126 Å². The van der Waals surface area contributed by atoms with Crippen LogP contribution < -0.4 is 5.32 Å². The molecule has 0 bridgehead atoms. The molecular weight excluding hydrogens is 267 g/mol. The summed E-state index contributed by atoms with van der Waals surface area (Å²) in [6.07, 6.45) is 4.90. The van der Waals surface area contributed by atoms with E-state index in [0.29, 0.717) is 18.2 Å². The minimum atomic E-state index is -0.155. The fourth-order valence-corrected chi connectivity index (χ4v) is 2.76. The Morgan fingerprint density at radius 1 is 1.24 bits per heavy atom. The van der Waals surface area contributed by atoms with Crippen LogP contribution in [0.5, 0.6) is 0 Å². The fraction of sp³-hybridized carbons (Fsp3) is 0.647. The SMILES string of the molecule is CN1CCC(OCc2cc(CNC3CC3)ccc2F)CC1. The van der Waals surface area contributed by atoms with Gasteiger partial charge in [-0.05, 0) is 50.4 Å². The van der Waals surface area contributed by atoms with Gasteiger partial charge in [-0.15, -0.1) is 0 Å². The molecule has 1 aliphatic carbocycles. The van der Waals surface area contributed by atoms with Gasteiger partial charge in [0.1, 0.15) is 5.82 Å². The second-order valence-corrected chi connectivity index (χ2v) is 6.39. The molecule has 21 heavy (non-hydrogen) atoms. The van der Waals surface area contributed by atoms with Crippen LogP contribution in [-0.2, 0) is 17.9 Å². The molecular formula is C17H25FN2O. The van der Waals surface area contributed by atoms with E-state index in [1.54, 1.807) is 6.07 Å². The number of halogens is 1. The molecule has 0 aromatic heterocycles. The number of likely N-dealkylation sites (tertiary alicyclic amines) is 1. The number of ether oxygens (including phenoxy) is 1. The van der Waals surface area contributed by atoms with Crippen molar-refractivity contribution in [2.75, 3.05) is 20.1 Å². The summed E-state index contributed by atoms with van der Waals surface area (Å²) in [5.41, 5.74) is 1.83. The van der Waals surface area contributed by atoms with Gasteiger partial charge < -0.3 is 15.0 Å². The van der Waals surface area contributed by atoms with Gasteiger partial charge >= 0.3 is 0 Å². The molecule has 2 aliphatic rings. The largest absolute Gasteiger partial charge is 0.373 e. The monoisotopic (exact) mass is 292 g/mol. The van der Waals surface area contributed by atoms with E-state index in [9.17, 15) is 4.39 Å². The Morgan fingerprint density at radius 2 is 2.00 bits per heavy atom. The molecule has 0 amide bonds. The van der Waals surface area contributed by atoms with Crippen LogP contribution in [-0.4, -0.2) is 37.2 Å². The normalized spacial score (nSPS) is 20.9. The van der Waals surface area contributed by atoms with Crippen molar-refractivity contribution in [3.05, 3.63) is 35.1 Å². The molecule has 1 aromatic rings. The maximum absolute atomic E-state index is 13.9. The molecule has 1 heterocycles. The van der Waals surface area contributed by atoms with Crippen LogP contribution >= 0.6 is 0 Å². The van der Waals surface area contributed by atoms with Crippen molar-refractivity contribution >= 4 is 0 Å². The van der Waals surface area contributed by atoms with Gasteiger partial charge in [0, 0.05) is 31.2 Å². The van der Waals surface area contributed by atoms with Crippen LogP contribution in [0.1, 0.15) is 36.8 Å². The average Bonchev–Trinajstić information content (AvgIpc) is 3.31. The third-order valence-electron chi connectivity index (χ3n) is 4.42. The molecule has 3 nitrogen and oxygen atoms in total. The van der Waals surface area contributed by atoms with E-state index in [1.807, 2.05) is 12.1 Å². The minimum Gasteiger partial charge on any atom is -0.373 e. The Hall–Kier alpha value is -0.970. The molecule has 2 fully saturated rings. The van der Waals surface area contributed by atoms with Crippen molar-refractivity contribution in [3.8, 4) is 0 Å². The number of hydrogen-bond donors (Lipinski definition) is 1. The van der Waals surface area contributed by atoms with E-state index in [-0.39, 0.29) is 11.9 Å². The van der Waals surface area contributed by atoms with Crippen LogP contribution in [0.25, 0.3) is 0 Å². The zero-order valence-electron chi connectivity index (χ0n) is 12.8. The van der Waals surface area contributed by atoms with Crippen LogP contribution in [0.3, 0.4) is 0 Å². The molecule has 0 spiro atoms. The molecule has 4 heteroatoms. The van der Waals surface area contributed by atoms with Crippen LogP contribution in [0, 0.1) is 5.82 Å². The summed E-state index contributed by atoms with van der Waals surface area (Å²) in [6, 6.07) is 6.05. The first-order chi connectivity index (χ1) is 10.2. The number of nitrogens with one attached hydrogen (secondary N) is 1. The molecule has 116 valence electrons. The molecule has 0 radical (unpaired) electrons. The number of piperidine rings is 1. The lowest BCUT2D eigenvalue weighted by atomic mass is 10.1. The topological polar surface area (TPSA) is 24.5 Å². The Morgan fingerprint density at radius 3 is 2.71 bits per heavy atom. The Balaban J connectivity index is 1.52. The van der Waals surface area contributed by atoms with Crippen molar-refractivity contribution in [2.45, 2.75) is 51.0 Å². The van der Waals surface area contributed by atoms with Gasteiger partial charge in [0.25, 0.3) is 0 Å². The summed E-state index contributed by atoms with van der Waals surface area (Å²) >= 11 is 0. The van der Waals surface area contributed by atoms with Gasteiger partial charge in [0.05, 0.1) is 12.7 Å². The highest BCUT2D eigenvalue weighted by molar-refractivity contribution is 5.24. The molecule has 0 unspecified atom stereocenters. The van der Waals surface area contributed by atoms with Gasteiger partial charge in [-0.2, -0.15) is 0 Å². The van der Waals surface area contributed by atoms with Gasteiger partial charge in [-0.1, -0.05) is 6.07 Å². The Kier molecular flexibility index (Phi) is 4.88. The lowest BCUT2D eigenvalue weighted by molar-refractivity contribution is 0.00103. The lowest BCUT2D eigenvalue weighted by Crippen LogP contribution is -2.34. The first kappa shape index (κ1) is 14.9. The molecule has 1 aromatic carbocycles. The molecule has 0 atom stereocenters. The summed E-state index contributed by atoms with van der Waals surface area (Å²) < 4.78 is 19.8. The molecule has 3 rings (SSSR count). The molecule has 1 aliphatic heterocycles. The predicted molar refractivity (Wildman–Crippen MR) is 81.6 cm³/mol. The maximum atomic E-state index is 13.9. The highest BCUT2D eigenvalue weighted by Crippen LogP contribution is 2.20. The van der Waals surface area contributed by atoms with Crippen molar-refractivity contribution in [1.29, 1.82) is 0 Å².